The molecule has 0 spiro atoms. The number of thiophene rings is 1. The molecule has 0 saturated heterocycles. The van der Waals surface area contributed by atoms with E-state index in [1.807, 2.05) is 43.4 Å². The summed E-state index contributed by atoms with van der Waals surface area (Å²) < 4.78 is 0.924. The van der Waals surface area contributed by atoms with Crippen LogP contribution in [0.25, 0.3) is 0 Å². The van der Waals surface area contributed by atoms with Gasteiger partial charge in [0.15, 0.2) is 0 Å². The molecule has 0 aliphatic heterocycles. The molecule has 1 amide bonds. The molecule has 2 heterocycles. The molecule has 0 aliphatic carbocycles. The van der Waals surface area contributed by atoms with Gasteiger partial charge >= 0.3 is 0 Å². The molecule has 0 aromatic carbocycles. The number of carbonyl (C=O) groups is 1. The molecule has 2 N–H and O–H groups in total. The Morgan fingerprint density at radius 3 is 2.73 bits per heavy atom. The maximum Gasteiger partial charge on any atom is 0.261 e. The van der Waals surface area contributed by atoms with E-state index in [9.17, 15) is 4.79 Å². The van der Waals surface area contributed by atoms with Crippen LogP contribution in [0.4, 0.5) is 11.6 Å². The number of rotatable bonds is 6. The summed E-state index contributed by atoms with van der Waals surface area (Å²) in [6.45, 7) is 2.98. The molecule has 0 bridgehead atoms. The summed E-state index contributed by atoms with van der Waals surface area (Å²) in [6, 6.07) is 3.69. The smallest absolute Gasteiger partial charge is 0.261 e. The maximum atomic E-state index is 11.9. The van der Waals surface area contributed by atoms with E-state index in [1.54, 1.807) is 0 Å². The van der Waals surface area contributed by atoms with E-state index in [1.165, 1.54) is 11.3 Å². The van der Waals surface area contributed by atoms with Gasteiger partial charge in [0.05, 0.1) is 4.88 Å². The highest BCUT2D eigenvalue weighted by atomic mass is 79.9. The third kappa shape index (κ3) is 4.67. The quantitative estimate of drug-likeness (QED) is 0.749. The van der Waals surface area contributed by atoms with Crippen LogP contribution in [0.3, 0.4) is 0 Å². The zero-order chi connectivity index (χ0) is 16.1. The summed E-state index contributed by atoms with van der Waals surface area (Å²) in [5.74, 6) is 2.25. The van der Waals surface area contributed by atoms with Crippen molar-refractivity contribution in [3.8, 4) is 0 Å². The number of nitrogens with zero attached hydrogens (tertiary/aromatic N) is 3. The van der Waals surface area contributed by atoms with Gasteiger partial charge in [0, 0.05) is 43.1 Å². The van der Waals surface area contributed by atoms with Gasteiger partial charge in [-0.05, 0) is 28.9 Å². The highest BCUT2D eigenvalue weighted by molar-refractivity contribution is 9.10. The molecule has 8 heteroatoms. The van der Waals surface area contributed by atoms with Crippen LogP contribution in [0.1, 0.15) is 15.5 Å². The van der Waals surface area contributed by atoms with Crippen LogP contribution in [0, 0.1) is 6.92 Å². The number of aromatic nitrogens is 2. The van der Waals surface area contributed by atoms with Crippen molar-refractivity contribution in [1.82, 2.24) is 15.3 Å². The Morgan fingerprint density at radius 2 is 2.09 bits per heavy atom. The number of aryl methyl sites for hydroxylation is 1. The lowest BCUT2D eigenvalue weighted by Gasteiger charge is -2.14. The number of halogens is 1. The molecular formula is C14H18BrN5OS. The van der Waals surface area contributed by atoms with Crippen LogP contribution in [0.15, 0.2) is 22.0 Å². The summed E-state index contributed by atoms with van der Waals surface area (Å²) in [4.78, 5) is 23.2. The second-order valence-corrected chi connectivity index (χ2v) is 6.69. The Labute approximate surface area is 142 Å². The van der Waals surface area contributed by atoms with Crippen molar-refractivity contribution in [1.29, 1.82) is 0 Å². The van der Waals surface area contributed by atoms with E-state index in [4.69, 9.17) is 0 Å². The third-order valence-electron chi connectivity index (χ3n) is 2.79. The third-order valence-corrected chi connectivity index (χ3v) is 4.48. The first-order valence-corrected chi connectivity index (χ1v) is 8.42. The van der Waals surface area contributed by atoms with Crippen molar-refractivity contribution in [2.45, 2.75) is 6.92 Å². The lowest BCUT2D eigenvalue weighted by atomic mass is 10.4. The summed E-state index contributed by atoms with van der Waals surface area (Å²) in [6.07, 6.45) is 0. The van der Waals surface area contributed by atoms with Crippen molar-refractivity contribution in [3.05, 3.63) is 32.7 Å². The molecule has 22 heavy (non-hydrogen) atoms. The van der Waals surface area contributed by atoms with Crippen molar-refractivity contribution in [2.24, 2.45) is 0 Å². The zero-order valence-electron chi connectivity index (χ0n) is 12.7. The van der Waals surface area contributed by atoms with Gasteiger partial charge < -0.3 is 15.5 Å². The van der Waals surface area contributed by atoms with Gasteiger partial charge in [-0.3, -0.25) is 4.79 Å². The molecule has 0 saturated carbocycles. The molecule has 0 unspecified atom stereocenters. The van der Waals surface area contributed by atoms with Crippen molar-refractivity contribution < 1.29 is 4.79 Å². The fourth-order valence-corrected chi connectivity index (χ4v) is 3.10. The number of amides is 1. The summed E-state index contributed by atoms with van der Waals surface area (Å²) in [5, 5.41) is 7.95. The Kier molecular flexibility index (Phi) is 5.73. The van der Waals surface area contributed by atoms with E-state index < -0.39 is 0 Å². The number of anilines is 2. The first-order valence-electron chi connectivity index (χ1n) is 6.75. The fourth-order valence-electron chi connectivity index (χ4n) is 1.76. The highest BCUT2D eigenvalue weighted by Gasteiger charge is 2.07. The topological polar surface area (TPSA) is 70.2 Å². The molecular weight excluding hydrogens is 366 g/mol. The van der Waals surface area contributed by atoms with Gasteiger partial charge in [-0.1, -0.05) is 0 Å². The average molecular weight is 384 g/mol. The largest absolute Gasteiger partial charge is 0.368 e. The predicted octanol–water partition coefficient (Wildman–Crippen LogP) is 2.52. The lowest BCUT2D eigenvalue weighted by molar-refractivity contribution is 0.0959. The van der Waals surface area contributed by atoms with Gasteiger partial charge in [0.2, 0.25) is 0 Å². The molecule has 0 aliphatic rings. The van der Waals surface area contributed by atoms with E-state index >= 15 is 0 Å². The molecule has 6 nitrogen and oxygen atoms in total. The maximum absolute atomic E-state index is 11.9. The standard InChI is InChI=1S/C14H18BrN5OS/c1-9-18-12(7-13(19-9)20(2)3)16-4-5-17-14(21)11-6-10(15)8-22-11/h6-8H,4-5H2,1-3H3,(H,17,21)(H,16,18,19). The molecule has 2 aromatic heterocycles. The van der Waals surface area contributed by atoms with Gasteiger partial charge in [-0.25, -0.2) is 9.97 Å². The minimum atomic E-state index is -0.0645. The van der Waals surface area contributed by atoms with E-state index in [2.05, 4.69) is 36.5 Å². The van der Waals surface area contributed by atoms with Gasteiger partial charge in [-0.15, -0.1) is 11.3 Å². The number of nitrogens with one attached hydrogen (secondary N) is 2. The normalized spacial score (nSPS) is 10.4. The highest BCUT2D eigenvalue weighted by Crippen LogP contribution is 2.19. The number of hydrogen-bond acceptors (Lipinski definition) is 6. The zero-order valence-corrected chi connectivity index (χ0v) is 15.1. The summed E-state index contributed by atoms with van der Waals surface area (Å²) in [7, 11) is 3.87. The lowest BCUT2D eigenvalue weighted by Crippen LogP contribution is -2.28. The van der Waals surface area contributed by atoms with E-state index in [0.29, 0.717) is 23.8 Å². The minimum Gasteiger partial charge on any atom is -0.368 e. The minimum absolute atomic E-state index is 0.0645. The predicted molar refractivity (Wildman–Crippen MR) is 93.9 cm³/mol. The molecule has 2 rings (SSSR count). The van der Waals surface area contributed by atoms with E-state index in [-0.39, 0.29) is 5.91 Å². The first-order chi connectivity index (χ1) is 10.5. The molecule has 2 aromatic rings. The van der Waals surface area contributed by atoms with Gasteiger partial charge in [0.1, 0.15) is 17.5 Å². The van der Waals surface area contributed by atoms with Gasteiger partial charge in [0.25, 0.3) is 5.91 Å². The fraction of sp³-hybridized carbons (Fsp3) is 0.357. The first kappa shape index (κ1) is 16.7. The molecule has 0 radical (unpaired) electrons. The van der Waals surface area contributed by atoms with Crippen LogP contribution < -0.4 is 15.5 Å². The Bertz CT molecular complexity index is 658. The summed E-state index contributed by atoms with van der Waals surface area (Å²) in [5.41, 5.74) is 0. The van der Waals surface area contributed by atoms with Gasteiger partial charge in [-0.2, -0.15) is 0 Å². The second kappa shape index (κ2) is 7.55. The van der Waals surface area contributed by atoms with Crippen LogP contribution >= 0.6 is 27.3 Å². The Hall–Kier alpha value is -1.67. The van der Waals surface area contributed by atoms with Crippen molar-refractivity contribution in [2.75, 3.05) is 37.4 Å². The van der Waals surface area contributed by atoms with Crippen molar-refractivity contribution >= 4 is 44.8 Å². The SMILES string of the molecule is Cc1nc(NCCNC(=O)c2cc(Br)cs2)cc(N(C)C)n1. The average Bonchev–Trinajstić information content (AvgIpc) is 2.89. The Balaban J connectivity index is 1.82. The van der Waals surface area contributed by atoms with Crippen molar-refractivity contribution in [3.63, 3.8) is 0 Å². The second-order valence-electron chi connectivity index (χ2n) is 4.86. The Morgan fingerprint density at radius 1 is 1.32 bits per heavy atom. The number of carbonyl (C=O) groups excluding carboxylic acids is 1. The van der Waals surface area contributed by atoms with Crippen LogP contribution in [-0.2, 0) is 0 Å². The molecule has 118 valence electrons. The van der Waals surface area contributed by atoms with Crippen LogP contribution in [-0.4, -0.2) is 43.1 Å². The van der Waals surface area contributed by atoms with Crippen LogP contribution in [0.5, 0.6) is 0 Å². The van der Waals surface area contributed by atoms with Crippen LogP contribution in [0.2, 0.25) is 0 Å². The summed E-state index contributed by atoms with van der Waals surface area (Å²) >= 11 is 4.75. The monoisotopic (exact) mass is 383 g/mol. The number of hydrogen-bond donors (Lipinski definition) is 2. The van der Waals surface area contributed by atoms with E-state index in [0.717, 1.165) is 16.1 Å². The molecule has 0 fully saturated rings. The molecule has 0 atom stereocenters.